The fourth-order valence-corrected chi connectivity index (χ4v) is 2.70. The van der Waals surface area contributed by atoms with E-state index < -0.39 is 0 Å². The maximum absolute atomic E-state index is 12.5. The number of methoxy groups -OCH3 is 1. The van der Waals surface area contributed by atoms with Crippen molar-refractivity contribution in [1.29, 1.82) is 0 Å². The minimum absolute atomic E-state index is 0.230. The van der Waals surface area contributed by atoms with E-state index in [9.17, 15) is 4.79 Å². The van der Waals surface area contributed by atoms with Gasteiger partial charge in [0, 0.05) is 17.9 Å². The van der Waals surface area contributed by atoms with E-state index in [-0.39, 0.29) is 5.91 Å². The first-order valence-corrected chi connectivity index (χ1v) is 8.73. The molecule has 6 nitrogen and oxygen atoms in total. The van der Waals surface area contributed by atoms with Crippen LogP contribution in [0.4, 0.5) is 11.6 Å². The lowest BCUT2D eigenvalue weighted by Crippen LogP contribution is -2.27. The van der Waals surface area contributed by atoms with Gasteiger partial charge in [-0.3, -0.25) is 4.79 Å². The van der Waals surface area contributed by atoms with Crippen molar-refractivity contribution in [2.45, 2.75) is 13.3 Å². The Kier molecular flexibility index (Phi) is 5.99. The van der Waals surface area contributed by atoms with Gasteiger partial charge in [-0.2, -0.15) is 0 Å². The summed E-state index contributed by atoms with van der Waals surface area (Å²) in [6.07, 6.45) is 0.676. The number of para-hydroxylation sites is 2. The average molecular weight is 362 g/mol. The SMILES string of the molecule is COc1ccccc1CCNC(=O)c1cc(C)nc(Nc2ccccc2)n1. The van der Waals surface area contributed by atoms with Crippen molar-refractivity contribution in [3.8, 4) is 5.75 Å². The number of carbonyl (C=O) groups is 1. The highest BCUT2D eigenvalue weighted by Crippen LogP contribution is 2.17. The number of amides is 1. The Labute approximate surface area is 158 Å². The van der Waals surface area contributed by atoms with Crippen LogP contribution in [0.15, 0.2) is 60.7 Å². The smallest absolute Gasteiger partial charge is 0.270 e. The molecular weight excluding hydrogens is 340 g/mol. The molecule has 0 saturated heterocycles. The molecule has 0 fully saturated rings. The van der Waals surface area contributed by atoms with Gasteiger partial charge in [-0.25, -0.2) is 9.97 Å². The third-order valence-corrected chi connectivity index (χ3v) is 3.99. The van der Waals surface area contributed by atoms with E-state index >= 15 is 0 Å². The van der Waals surface area contributed by atoms with E-state index in [0.717, 1.165) is 22.7 Å². The van der Waals surface area contributed by atoms with Gasteiger partial charge in [0.1, 0.15) is 11.4 Å². The summed E-state index contributed by atoms with van der Waals surface area (Å²) in [6.45, 7) is 2.33. The number of nitrogens with one attached hydrogen (secondary N) is 2. The van der Waals surface area contributed by atoms with Gasteiger partial charge in [-0.1, -0.05) is 36.4 Å². The summed E-state index contributed by atoms with van der Waals surface area (Å²) in [6, 6.07) is 19.1. The minimum Gasteiger partial charge on any atom is -0.496 e. The van der Waals surface area contributed by atoms with Crippen molar-refractivity contribution in [3.63, 3.8) is 0 Å². The number of ether oxygens (including phenoxy) is 1. The van der Waals surface area contributed by atoms with Crippen LogP contribution in [0.25, 0.3) is 0 Å². The van der Waals surface area contributed by atoms with Gasteiger partial charge in [0.25, 0.3) is 5.91 Å². The number of rotatable bonds is 7. The lowest BCUT2D eigenvalue weighted by atomic mass is 10.1. The Morgan fingerprint density at radius 2 is 1.78 bits per heavy atom. The molecule has 3 aromatic rings. The summed E-state index contributed by atoms with van der Waals surface area (Å²) >= 11 is 0. The van der Waals surface area contributed by atoms with Crippen molar-refractivity contribution in [3.05, 3.63) is 77.6 Å². The standard InChI is InChI=1S/C21H22N4O2/c1-15-14-18(25-21(23-15)24-17-9-4-3-5-10-17)20(26)22-13-12-16-8-6-7-11-19(16)27-2/h3-11,14H,12-13H2,1-2H3,(H,22,26)(H,23,24,25). The second-order valence-corrected chi connectivity index (χ2v) is 6.03. The van der Waals surface area contributed by atoms with E-state index in [1.165, 1.54) is 0 Å². The number of aryl methyl sites for hydroxylation is 1. The van der Waals surface area contributed by atoms with Crippen molar-refractivity contribution in [1.82, 2.24) is 15.3 Å². The molecule has 1 amide bonds. The number of nitrogens with zero attached hydrogens (tertiary/aromatic N) is 2. The number of hydrogen-bond donors (Lipinski definition) is 2. The quantitative estimate of drug-likeness (QED) is 0.673. The van der Waals surface area contributed by atoms with Crippen LogP contribution in [-0.2, 0) is 6.42 Å². The van der Waals surface area contributed by atoms with E-state index in [1.807, 2.05) is 61.5 Å². The van der Waals surface area contributed by atoms with Gasteiger partial charge >= 0.3 is 0 Å². The Morgan fingerprint density at radius 1 is 1.04 bits per heavy atom. The highest BCUT2D eigenvalue weighted by Gasteiger charge is 2.11. The molecule has 0 bridgehead atoms. The Bertz CT molecular complexity index is 913. The lowest BCUT2D eigenvalue weighted by Gasteiger charge is -2.10. The van der Waals surface area contributed by atoms with Crippen LogP contribution in [0.2, 0.25) is 0 Å². The van der Waals surface area contributed by atoms with E-state index in [1.54, 1.807) is 13.2 Å². The van der Waals surface area contributed by atoms with Crippen LogP contribution in [-0.4, -0.2) is 29.5 Å². The molecule has 6 heteroatoms. The van der Waals surface area contributed by atoms with Crippen LogP contribution in [0.1, 0.15) is 21.7 Å². The van der Waals surface area contributed by atoms with Crippen molar-refractivity contribution in [2.24, 2.45) is 0 Å². The van der Waals surface area contributed by atoms with Crippen LogP contribution in [0.3, 0.4) is 0 Å². The molecule has 0 aliphatic carbocycles. The second-order valence-electron chi connectivity index (χ2n) is 6.03. The lowest BCUT2D eigenvalue weighted by molar-refractivity contribution is 0.0949. The van der Waals surface area contributed by atoms with Gasteiger partial charge in [0.05, 0.1) is 7.11 Å². The van der Waals surface area contributed by atoms with E-state index in [0.29, 0.717) is 24.6 Å². The molecule has 3 rings (SSSR count). The molecule has 0 aliphatic rings. The van der Waals surface area contributed by atoms with Crippen LogP contribution in [0, 0.1) is 6.92 Å². The van der Waals surface area contributed by atoms with Gasteiger partial charge < -0.3 is 15.4 Å². The average Bonchev–Trinajstić information content (AvgIpc) is 2.68. The molecule has 0 spiro atoms. The topological polar surface area (TPSA) is 76.1 Å². The Morgan fingerprint density at radius 3 is 2.56 bits per heavy atom. The van der Waals surface area contributed by atoms with Gasteiger partial charge in [-0.15, -0.1) is 0 Å². The zero-order valence-corrected chi connectivity index (χ0v) is 15.4. The largest absolute Gasteiger partial charge is 0.496 e. The molecule has 2 N–H and O–H groups in total. The summed E-state index contributed by atoms with van der Waals surface area (Å²) in [5.41, 5.74) is 2.97. The van der Waals surface area contributed by atoms with Crippen molar-refractivity contribution >= 4 is 17.5 Å². The maximum atomic E-state index is 12.5. The molecule has 1 heterocycles. The number of aromatic nitrogens is 2. The normalized spacial score (nSPS) is 10.3. The predicted molar refractivity (Wildman–Crippen MR) is 106 cm³/mol. The van der Waals surface area contributed by atoms with Crippen LogP contribution >= 0.6 is 0 Å². The van der Waals surface area contributed by atoms with E-state index in [2.05, 4.69) is 20.6 Å². The first-order chi connectivity index (χ1) is 13.2. The van der Waals surface area contributed by atoms with Crippen LogP contribution in [0.5, 0.6) is 5.75 Å². The molecular formula is C21H22N4O2. The van der Waals surface area contributed by atoms with Crippen molar-refractivity contribution < 1.29 is 9.53 Å². The highest BCUT2D eigenvalue weighted by molar-refractivity contribution is 5.92. The fourth-order valence-electron chi connectivity index (χ4n) is 2.70. The molecule has 138 valence electrons. The molecule has 2 aromatic carbocycles. The highest BCUT2D eigenvalue weighted by atomic mass is 16.5. The molecule has 0 saturated carbocycles. The number of carbonyl (C=O) groups excluding carboxylic acids is 1. The summed E-state index contributed by atoms with van der Waals surface area (Å²) < 4.78 is 5.33. The molecule has 0 atom stereocenters. The summed E-state index contributed by atoms with van der Waals surface area (Å²) in [5, 5.41) is 6.02. The molecule has 0 radical (unpaired) electrons. The minimum atomic E-state index is -0.230. The van der Waals surface area contributed by atoms with Crippen molar-refractivity contribution in [2.75, 3.05) is 19.0 Å². The maximum Gasteiger partial charge on any atom is 0.270 e. The van der Waals surface area contributed by atoms with Gasteiger partial charge in [0.2, 0.25) is 5.95 Å². The molecule has 0 unspecified atom stereocenters. The zero-order chi connectivity index (χ0) is 19.1. The second kappa shape index (κ2) is 8.80. The zero-order valence-electron chi connectivity index (χ0n) is 15.4. The Hall–Kier alpha value is -3.41. The summed E-state index contributed by atoms with van der Waals surface area (Å²) in [5.74, 6) is 0.988. The summed E-state index contributed by atoms with van der Waals surface area (Å²) in [7, 11) is 1.64. The fraction of sp³-hybridized carbons (Fsp3) is 0.190. The number of anilines is 2. The summed E-state index contributed by atoms with van der Waals surface area (Å²) in [4.78, 5) is 21.2. The monoisotopic (exact) mass is 362 g/mol. The Balaban J connectivity index is 1.64. The predicted octanol–water partition coefficient (Wildman–Crippen LogP) is 3.51. The number of hydrogen-bond acceptors (Lipinski definition) is 5. The van der Waals surface area contributed by atoms with Crippen LogP contribution < -0.4 is 15.4 Å². The third kappa shape index (κ3) is 5.04. The molecule has 0 aliphatic heterocycles. The van der Waals surface area contributed by atoms with Gasteiger partial charge in [-0.05, 0) is 43.2 Å². The van der Waals surface area contributed by atoms with E-state index in [4.69, 9.17) is 4.74 Å². The third-order valence-electron chi connectivity index (χ3n) is 3.99. The first-order valence-electron chi connectivity index (χ1n) is 8.73. The molecule has 1 aromatic heterocycles. The van der Waals surface area contributed by atoms with Gasteiger partial charge in [0.15, 0.2) is 0 Å². The molecule has 27 heavy (non-hydrogen) atoms. The first kappa shape index (κ1) is 18.4. The number of benzene rings is 2.